The predicted octanol–water partition coefficient (Wildman–Crippen LogP) is 4.40. The fourth-order valence-corrected chi connectivity index (χ4v) is 6.30. The minimum atomic E-state index is -2.35. The fraction of sp³-hybridized carbons (Fsp3) is 0.263. The highest BCUT2D eigenvalue weighted by atomic mass is 35.5. The Morgan fingerprint density at radius 2 is 1.68 bits per heavy atom. The third-order valence-electron chi connectivity index (χ3n) is 8.76. The zero-order chi connectivity index (χ0) is 34.5. The van der Waals surface area contributed by atoms with E-state index in [1.165, 1.54) is 20.4 Å². The van der Waals surface area contributed by atoms with E-state index in [1.54, 1.807) is 48.5 Å². The number of aliphatic carboxylic acids is 1. The van der Waals surface area contributed by atoms with E-state index in [1.807, 2.05) is 23.1 Å². The number of anilines is 3. The molecule has 256 valence electrons. The number of halogens is 1. The number of para-hydroxylation sites is 2. The third-order valence-corrected chi connectivity index (χ3v) is 8.76. The van der Waals surface area contributed by atoms with E-state index in [-0.39, 0.29) is 48.8 Å². The highest BCUT2D eigenvalue weighted by Gasteiger charge is 2.58. The highest BCUT2D eigenvalue weighted by Crippen LogP contribution is 2.44. The van der Waals surface area contributed by atoms with E-state index in [4.69, 9.17) is 25.7 Å². The minimum Gasteiger partial charge on any atom is -0.495 e. The number of hydrogen-bond donors (Lipinski definition) is 3. The van der Waals surface area contributed by atoms with Gasteiger partial charge in [-0.1, -0.05) is 60.1 Å². The summed E-state index contributed by atoms with van der Waals surface area (Å²) in [5, 5.41) is 11.2. The zero-order valence-corrected chi connectivity index (χ0v) is 28.3. The van der Waals surface area contributed by atoms with Gasteiger partial charge in [-0.2, -0.15) is 4.98 Å². The van der Waals surface area contributed by atoms with Crippen LogP contribution >= 0.6 is 12.4 Å². The number of carbonyl (C=O) groups excluding carboxylic acids is 1. The fourth-order valence-electron chi connectivity index (χ4n) is 6.30. The van der Waals surface area contributed by atoms with Crippen molar-refractivity contribution in [3.05, 3.63) is 101 Å². The second kappa shape index (κ2) is 15.2. The molecule has 0 aliphatic carbocycles. The summed E-state index contributed by atoms with van der Waals surface area (Å²) >= 11 is 0. The van der Waals surface area contributed by atoms with Crippen LogP contribution in [0.1, 0.15) is 45.5 Å². The molecule has 3 aromatic carbocycles. The Bertz CT molecular complexity index is 2040. The molecule has 0 bridgehead atoms. The van der Waals surface area contributed by atoms with Crippen molar-refractivity contribution in [2.24, 2.45) is 5.41 Å². The molecule has 3 heterocycles. The van der Waals surface area contributed by atoms with E-state index in [9.17, 15) is 9.90 Å². The van der Waals surface area contributed by atoms with Crippen LogP contribution in [0.25, 0.3) is 0 Å². The molecule has 0 radical (unpaired) electrons. The molecule has 1 fully saturated rings. The van der Waals surface area contributed by atoms with Crippen LogP contribution in [0.15, 0.2) is 72.9 Å². The first-order valence-electron chi connectivity index (χ1n) is 15.7. The van der Waals surface area contributed by atoms with Gasteiger partial charge >= 0.3 is 5.97 Å². The van der Waals surface area contributed by atoms with Crippen molar-refractivity contribution < 1.29 is 28.9 Å². The summed E-state index contributed by atoms with van der Waals surface area (Å²) in [5.41, 5.74) is 12.3. The van der Waals surface area contributed by atoms with Crippen LogP contribution < -0.4 is 25.8 Å². The van der Waals surface area contributed by atoms with Gasteiger partial charge in [0.25, 0.3) is 0 Å². The van der Waals surface area contributed by atoms with Gasteiger partial charge in [0.2, 0.25) is 11.4 Å². The number of carbonyl (C=O) groups is 2. The summed E-state index contributed by atoms with van der Waals surface area (Å²) in [5.74, 6) is 11.2. The molecular weight excluding hydrogens is 658 g/mol. The second-order valence-corrected chi connectivity index (χ2v) is 11.7. The van der Waals surface area contributed by atoms with Crippen molar-refractivity contribution in [1.82, 2.24) is 9.97 Å². The number of carboxylic acid groups (broad SMARTS) is 1. The quantitative estimate of drug-likeness (QED) is 0.186. The Hall–Kier alpha value is -5.75. The highest BCUT2D eigenvalue weighted by molar-refractivity contribution is 6.21. The lowest BCUT2D eigenvalue weighted by Gasteiger charge is -2.44. The molecule has 1 aromatic heterocycles. The summed E-state index contributed by atoms with van der Waals surface area (Å²) in [7, 11) is 3.03. The number of Topliss-reactive ketones (excluding diaryl/α,β-unsaturated/α-hetero) is 1. The minimum absolute atomic E-state index is 0. The molecule has 12 heteroatoms. The van der Waals surface area contributed by atoms with Gasteiger partial charge in [-0.15, -0.1) is 12.4 Å². The number of aromatic nitrogens is 2. The molecule has 5 N–H and O–H groups in total. The Morgan fingerprint density at radius 1 is 1.00 bits per heavy atom. The average molecular weight is 694 g/mol. The van der Waals surface area contributed by atoms with Gasteiger partial charge in [-0.3, -0.25) is 4.79 Å². The first-order valence-corrected chi connectivity index (χ1v) is 15.7. The molecule has 6 rings (SSSR count). The van der Waals surface area contributed by atoms with Gasteiger partial charge in [0, 0.05) is 42.6 Å². The van der Waals surface area contributed by atoms with Gasteiger partial charge in [-0.25, -0.2) is 9.78 Å². The van der Waals surface area contributed by atoms with Gasteiger partial charge in [0.1, 0.15) is 23.4 Å². The van der Waals surface area contributed by atoms with Crippen molar-refractivity contribution in [1.29, 1.82) is 0 Å². The Labute approximate surface area is 296 Å². The molecule has 0 saturated carbocycles. The standard InChI is InChI=1S/C38H35N5O6.ClH/c1-47-30-14-5-3-9-24(30)16-17-32-38(36(45)46,19-18-25-10-4-6-15-31(25)48-2)34(44)33-26(21-27-22-41-37(40)42-35(27)39)11-7-13-29(33)43(32)23-28-12-8-20-49-28;/h3-7,9-11,13-15,22,28,32H,8,12,20-21,23H2,1-2H3,(H,45,46)(H4,39,40,41,42);1H. The number of hydrogen-bond acceptors (Lipinski definition) is 10. The summed E-state index contributed by atoms with van der Waals surface area (Å²) in [6, 6.07) is 18.3. The number of ether oxygens (including phenoxy) is 3. The topological polar surface area (TPSA) is 163 Å². The summed E-state index contributed by atoms with van der Waals surface area (Å²) in [6.07, 6.45) is 3.04. The molecule has 0 spiro atoms. The summed E-state index contributed by atoms with van der Waals surface area (Å²) in [6.45, 7) is 0.851. The maximum absolute atomic E-state index is 15.1. The first-order chi connectivity index (χ1) is 23.8. The lowest BCUT2D eigenvalue weighted by Crippen LogP contribution is -2.60. The molecule has 11 nitrogen and oxygen atoms in total. The Morgan fingerprint density at radius 3 is 2.30 bits per heavy atom. The van der Waals surface area contributed by atoms with Crippen molar-refractivity contribution in [3.8, 4) is 35.2 Å². The Kier molecular flexibility index (Phi) is 10.8. The molecule has 50 heavy (non-hydrogen) atoms. The average Bonchev–Trinajstić information content (AvgIpc) is 3.63. The number of fused-ring (bicyclic) bond motifs is 1. The molecule has 3 unspecified atom stereocenters. The van der Waals surface area contributed by atoms with Crippen molar-refractivity contribution in [2.75, 3.05) is 43.7 Å². The molecule has 1 saturated heterocycles. The lowest BCUT2D eigenvalue weighted by atomic mass is 9.69. The second-order valence-electron chi connectivity index (χ2n) is 11.7. The first kappa shape index (κ1) is 35.6. The van der Waals surface area contributed by atoms with Crippen LogP contribution in [-0.2, 0) is 16.0 Å². The normalized spacial score (nSPS) is 19.2. The number of nitrogens with two attached hydrogens (primary N) is 2. The van der Waals surface area contributed by atoms with Crippen LogP contribution in [0.2, 0.25) is 0 Å². The largest absolute Gasteiger partial charge is 0.495 e. The van der Waals surface area contributed by atoms with Crippen LogP contribution in [0, 0.1) is 29.1 Å². The number of nitrogens with zero attached hydrogens (tertiary/aromatic N) is 3. The van der Waals surface area contributed by atoms with Crippen LogP contribution in [0.4, 0.5) is 17.5 Å². The van der Waals surface area contributed by atoms with E-state index in [2.05, 4.69) is 33.6 Å². The number of benzene rings is 3. The van der Waals surface area contributed by atoms with Crippen LogP contribution in [-0.4, -0.2) is 66.3 Å². The van der Waals surface area contributed by atoms with Gasteiger partial charge in [-0.05, 0) is 48.7 Å². The third kappa shape index (κ3) is 6.74. The maximum Gasteiger partial charge on any atom is 0.333 e. The molecule has 2 aliphatic heterocycles. The Balaban J connectivity index is 0.00000486. The van der Waals surface area contributed by atoms with E-state index in [0.717, 1.165) is 12.8 Å². The van der Waals surface area contributed by atoms with Crippen molar-refractivity contribution >= 4 is 41.6 Å². The number of rotatable bonds is 7. The molecule has 0 amide bonds. The molecule has 4 aromatic rings. The summed E-state index contributed by atoms with van der Waals surface area (Å²) < 4.78 is 17.1. The van der Waals surface area contributed by atoms with E-state index in [0.29, 0.717) is 46.0 Å². The summed E-state index contributed by atoms with van der Waals surface area (Å²) in [4.78, 5) is 38.9. The van der Waals surface area contributed by atoms with E-state index < -0.39 is 23.2 Å². The number of methoxy groups -OCH3 is 2. The predicted molar refractivity (Wildman–Crippen MR) is 192 cm³/mol. The van der Waals surface area contributed by atoms with Crippen LogP contribution in [0.5, 0.6) is 11.5 Å². The lowest BCUT2D eigenvalue weighted by molar-refractivity contribution is -0.143. The number of carboxylic acids is 1. The number of nitrogen functional groups attached to an aromatic ring is 2. The zero-order valence-electron chi connectivity index (χ0n) is 27.5. The maximum atomic E-state index is 15.1. The molecular formula is C38H36ClN5O6. The smallest absolute Gasteiger partial charge is 0.333 e. The number of ketones is 1. The SMILES string of the molecule is COc1ccccc1C#CC1N(CC2CCCO2)c2cccc(Cc3cnc(N)nc3N)c2C(=O)C1(C#Cc1ccccc1OC)C(=O)O.Cl. The molecule has 2 aliphatic rings. The monoisotopic (exact) mass is 693 g/mol. The van der Waals surface area contributed by atoms with Crippen LogP contribution in [0.3, 0.4) is 0 Å². The van der Waals surface area contributed by atoms with Gasteiger partial charge in [0.05, 0.1) is 31.5 Å². The van der Waals surface area contributed by atoms with Gasteiger partial charge < -0.3 is 35.7 Å². The van der Waals surface area contributed by atoms with E-state index >= 15 is 4.79 Å². The molecule has 3 atom stereocenters. The van der Waals surface area contributed by atoms with Crippen molar-refractivity contribution in [2.45, 2.75) is 31.4 Å². The van der Waals surface area contributed by atoms with Crippen molar-refractivity contribution in [3.63, 3.8) is 0 Å². The van der Waals surface area contributed by atoms with Gasteiger partial charge in [0.15, 0.2) is 5.78 Å².